The molecule has 0 radical (unpaired) electrons. The Bertz CT molecular complexity index is 733. The number of carbonyl (C=O) groups is 4. The van der Waals surface area contributed by atoms with Crippen molar-refractivity contribution >= 4 is 47.3 Å². The molecule has 2 bridgehead atoms. The topological polar surface area (TPSA) is 124 Å². The summed E-state index contributed by atoms with van der Waals surface area (Å²) in [6.45, 7) is 3.82. The van der Waals surface area contributed by atoms with E-state index in [9.17, 15) is 19.2 Å². The minimum atomic E-state index is -0.814. The summed E-state index contributed by atoms with van der Waals surface area (Å²) in [7, 11) is 0. The van der Waals surface area contributed by atoms with Gasteiger partial charge in [0.1, 0.15) is 23.5 Å². The van der Waals surface area contributed by atoms with Crippen LogP contribution in [-0.2, 0) is 19.1 Å². The highest BCUT2D eigenvalue weighted by Crippen LogP contribution is 2.13. The number of nitrogens with one attached hydrogen (secondary N) is 2. The second-order valence-electron chi connectivity index (χ2n) is 6.47. The van der Waals surface area contributed by atoms with E-state index < -0.39 is 35.8 Å². The SMILES string of the molecule is CCOC(=O)[C@@H]1CSCCCSC[C@@H](C(=O)OCC)NC(=O)c2cccc(n2)C(=O)N1. The molecule has 0 unspecified atom stereocenters. The summed E-state index contributed by atoms with van der Waals surface area (Å²) in [6, 6.07) is 2.78. The number of rotatable bonds is 4. The Morgan fingerprint density at radius 1 is 0.935 bits per heavy atom. The molecule has 1 aromatic rings. The summed E-state index contributed by atoms with van der Waals surface area (Å²) in [4.78, 5) is 53.9. The lowest BCUT2D eigenvalue weighted by Crippen LogP contribution is -2.45. The summed E-state index contributed by atoms with van der Waals surface area (Å²) in [6.07, 6.45) is 0.836. The van der Waals surface area contributed by atoms with Crippen LogP contribution in [0.1, 0.15) is 41.2 Å². The summed E-state index contributed by atoms with van der Waals surface area (Å²) in [5.74, 6) is 0.0685. The average molecular weight is 470 g/mol. The van der Waals surface area contributed by atoms with E-state index in [-0.39, 0.29) is 24.6 Å². The fourth-order valence-corrected chi connectivity index (χ4v) is 4.76. The fourth-order valence-electron chi connectivity index (χ4n) is 2.64. The Balaban J connectivity index is 2.24. The van der Waals surface area contributed by atoms with Crippen LogP contribution in [0.2, 0.25) is 0 Å². The van der Waals surface area contributed by atoms with Crippen LogP contribution in [0.4, 0.5) is 0 Å². The Hall–Kier alpha value is -2.27. The first-order chi connectivity index (χ1) is 15.0. The molecule has 1 aliphatic heterocycles. The van der Waals surface area contributed by atoms with Crippen molar-refractivity contribution in [3.63, 3.8) is 0 Å². The normalized spacial score (nSPS) is 20.8. The first-order valence-corrected chi connectivity index (χ1v) is 12.3. The molecule has 2 heterocycles. The maximum absolute atomic E-state index is 12.7. The highest BCUT2D eigenvalue weighted by Gasteiger charge is 2.26. The van der Waals surface area contributed by atoms with Gasteiger partial charge in [-0.2, -0.15) is 23.5 Å². The number of amides is 2. The molecule has 11 heteroatoms. The van der Waals surface area contributed by atoms with Gasteiger partial charge < -0.3 is 20.1 Å². The molecule has 0 saturated heterocycles. The quantitative estimate of drug-likeness (QED) is 0.628. The minimum absolute atomic E-state index is 0.0129. The van der Waals surface area contributed by atoms with E-state index in [1.807, 2.05) is 0 Å². The number of carbonyl (C=O) groups excluding carboxylic acids is 4. The summed E-state index contributed by atoms with van der Waals surface area (Å²) >= 11 is 3.07. The number of aromatic nitrogens is 1. The van der Waals surface area contributed by atoms with Crippen molar-refractivity contribution in [2.75, 3.05) is 36.2 Å². The van der Waals surface area contributed by atoms with Crippen molar-refractivity contribution in [1.82, 2.24) is 15.6 Å². The molecule has 31 heavy (non-hydrogen) atoms. The van der Waals surface area contributed by atoms with Gasteiger partial charge in [0.2, 0.25) is 0 Å². The van der Waals surface area contributed by atoms with Crippen molar-refractivity contribution < 1.29 is 28.7 Å². The molecule has 0 aliphatic carbocycles. The summed E-state index contributed by atoms with van der Waals surface area (Å²) in [5, 5.41) is 5.29. The molecule has 2 rings (SSSR count). The molecule has 170 valence electrons. The van der Waals surface area contributed by atoms with E-state index in [0.29, 0.717) is 11.5 Å². The molecular weight excluding hydrogens is 442 g/mol. The van der Waals surface area contributed by atoms with Gasteiger partial charge in [0.05, 0.1) is 13.2 Å². The molecule has 0 saturated carbocycles. The maximum Gasteiger partial charge on any atom is 0.329 e. The Kier molecular flexibility index (Phi) is 10.6. The van der Waals surface area contributed by atoms with Gasteiger partial charge in [-0.05, 0) is 43.9 Å². The molecule has 0 aromatic carbocycles. The Morgan fingerprint density at radius 2 is 1.39 bits per heavy atom. The number of hydrogen-bond acceptors (Lipinski definition) is 9. The van der Waals surface area contributed by atoms with Gasteiger partial charge in [0.15, 0.2) is 0 Å². The number of esters is 2. The van der Waals surface area contributed by atoms with Crippen LogP contribution in [-0.4, -0.2) is 77.0 Å². The minimum Gasteiger partial charge on any atom is -0.464 e. The molecule has 0 fully saturated rings. The van der Waals surface area contributed by atoms with E-state index >= 15 is 0 Å². The molecule has 2 N–H and O–H groups in total. The van der Waals surface area contributed by atoms with Gasteiger partial charge in [0, 0.05) is 11.5 Å². The molecular formula is C20H27N3O6S2. The van der Waals surface area contributed by atoms with Crippen LogP contribution in [0.15, 0.2) is 18.2 Å². The fraction of sp³-hybridized carbons (Fsp3) is 0.550. The molecule has 0 spiro atoms. The highest BCUT2D eigenvalue weighted by atomic mass is 32.2. The van der Waals surface area contributed by atoms with Crippen LogP contribution in [0.3, 0.4) is 0 Å². The van der Waals surface area contributed by atoms with E-state index in [0.717, 1.165) is 17.9 Å². The first-order valence-electron chi connectivity index (χ1n) is 10.0. The Labute approximate surface area is 189 Å². The number of thioether (sulfide) groups is 2. The van der Waals surface area contributed by atoms with Crippen LogP contribution >= 0.6 is 23.5 Å². The summed E-state index contributed by atoms with van der Waals surface area (Å²) < 4.78 is 10.1. The molecule has 2 atom stereocenters. The lowest BCUT2D eigenvalue weighted by Gasteiger charge is -2.19. The van der Waals surface area contributed by atoms with Crippen LogP contribution in [0, 0.1) is 0 Å². The Morgan fingerprint density at radius 3 is 1.81 bits per heavy atom. The maximum atomic E-state index is 12.7. The van der Waals surface area contributed by atoms with Gasteiger partial charge in [-0.25, -0.2) is 14.6 Å². The van der Waals surface area contributed by atoms with Gasteiger partial charge in [-0.15, -0.1) is 0 Å². The largest absolute Gasteiger partial charge is 0.464 e. The van der Waals surface area contributed by atoms with Crippen molar-refractivity contribution in [1.29, 1.82) is 0 Å². The highest BCUT2D eigenvalue weighted by molar-refractivity contribution is 8.00. The number of nitrogens with zero attached hydrogens (tertiary/aromatic N) is 1. The van der Waals surface area contributed by atoms with Gasteiger partial charge >= 0.3 is 11.9 Å². The van der Waals surface area contributed by atoms with Crippen molar-refractivity contribution in [2.24, 2.45) is 0 Å². The van der Waals surface area contributed by atoms with E-state index in [1.54, 1.807) is 13.8 Å². The molecule has 9 nitrogen and oxygen atoms in total. The standard InChI is InChI=1S/C20H27N3O6S2/c1-3-28-19(26)15-11-30-9-6-10-31-12-16(20(27)29-4-2)23-18(25)14-8-5-7-13(21-14)17(24)22-15/h5,7-8,15-16H,3-4,6,9-12H2,1-2H3,(H,22,24)(H,23,25)/t15-,16-/m0/s1. The second-order valence-corrected chi connectivity index (χ2v) is 8.77. The third-order valence-corrected chi connectivity index (χ3v) is 6.41. The average Bonchev–Trinajstić information content (AvgIpc) is 2.76. The van der Waals surface area contributed by atoms with Crippen LogP contribution in [0.5, 0.6) is 0 Å². The van der Waals surface area contributed by atoms with E-state index in [2.05, 4.69) is 15.6 Å². The number of fused-ring (bicyclic) bond motifs is 2. The first kappa shape index (κ1) is 25.0. The number of ether oxygens (including phenoxy) is 2. The lowest BCUT2D eigenvalue weighted by atomic mass is 10.2. The lowest BCUT2D eigenvalue weighted by molar-refractivity contribution is -0.145. The smallest absolute Gasteiger partial charge is 0.329 e. The zero-order valence-corrected chi connectivity index (χ0v) is 19.2. The number of pyridine rings is 1. The second kappa shape index (κ2) is 13.2. The van der Waals surface area contributed by atoms with E-state index in [4.69, 9.17) is 9.47 Å². The number of hydrogen-bond donors (Lipinski definition) is 2. The van der Waals surface area contributed by atoms with Crippen molar-refractivity contribution in [3.8, 4) is 0 Å². The zero-order valence-electron chi connectivity index (χ0n) is 17.5. The molecule has 1 aliphatic rings. The predicted octanol–water partition coefficient (Wildman–Crippen LogP) is 1.27. The van der Waals surface area contributed by atoms with E-state index in [1.165, 1.54) is 41.7 Å². The van der Waals surface area contributed by atoms with Gasteiger partial charge in [0.25, 0.3) is 11.8 Å². The summed E-state index contributed by atoms with van der Waals surface area (Å²) in [5.41, 5.74) is -0.0257. The molecule has 1 aromatic heterocycles. The monoisotopic (exact) mass is 469 g/mol. The van der Waals surface area contributed by atoms with Crippen molar-refractivity contribution in [2.45, 2.75) is 32.4 Å². The van der Waals surface area contributed by atoms with Gasteiger partial charge in [-0.3, -0.25) is 9.59 Å². The van der Waals surface area contributed by atoms with Crippen molar-refractivity contribution in [3.05, 3.63) is 29.6 Å². The van der Waals surface area contributed by atoms with Crippen LogP contribution in [0.25, 0.3) is 0 Å². The van der Waals surface area contributed by atoms with Gasteiger partial charge in [-0.1, -0.05) is 6.07 Å². The molecule has 2 amide bonds. The predicted molar refractivity (Wildman–Crippen MR) is 119 cm³/mol. The third kappa shape index (κ3) is 8.06. The van der Waals surface area contributed by atoms with Crippen LogP contribution < -0.4 is 10.6 Å². The third-order valence-electron chi connectivity index (χ3n) is 4.11. The zero-order chi connectivity index (χ0) is 22.6.